The van der Waals surface area contributed by atoms with Crippen molar-refractivity contribution in [2.24, 2.45) is 4.99 Å². The number of benzene rings is 4. The van der Waals surface area contributed by atoms with Crippen LogP contribution in [0.3, 0.4) is 0 Å². The Labute approximate surface area is 169 Å². The summed E-state index contributed by atoms with van der Waals surface area (Å²) in [7, 11) is 0. The van der Waals surface area contributed by atoms with Gasteiger partial charge in [0.25, 0.3) is 0 Å². The second kappa shape index (κ2) is 7.21. The largest absolute Gasteiger partial charge is 0.309 e. The maximum absolute atomic E-state index is 8.18. The van der Waals surface area contributed by atoms with E-state index in [1.54, 1.807) is 6.21 Å². The minimum Gasteiger partial charge on any atom is -0.309 e. The molecule has 0 aliphatic rings. The zero-order valence-corrected chi connectivity index (χ0v) is 15.8. The number of fused-ring (bicyclic) bond motifs is 3. The topological polar surface area (TPSA) is 41.1 Å². The molecule has 0 spiro atoms. The highest BCUT2D eigenvalue weighted by molar-refractivity contribution is 6.09. The number of hydrogen-bond donors (Lipinski definition) is 1. The van der Waals surface area contributed by atoms with Gasteiger partial charge in [0.05, 0.1) is 11.0 Å². The standard InChI is InChI=1S/C26H19N3/c27-26(20-10-2-1-3-11-20)28-18-19-9-8-12-21(17-19)29-24-15-6-4-13-22(24)23-14-5-7-16-25(23)29/h1-18,27H. The van der Waals surface area contributed by atoms with Crippen LogP contribution in [0.2, 0.25) is 0 Å². The number of nitrogens with one attached hydrogen (secondary N) is 1. The fourth-order valence-electron chi connectivity index (χ4n) is 3.75. The van der Waals surface area contributed by atoms with Crippen molar-refractivity contribution in [1.29, 1.82) is 5.41 Å². The van der Waals surface area contributed by atoms with Gasteiger partial charge in [-0.15, -0.1) is 0 Å². The van der Waals surface area contributed by atoms with Gasteiger partial charge in [-0.25, -0.2) is 4.99 Å². The van der Waals surface area contributed by atoms with Gasteiger partial charge in [0.2, 0.25) is 0 Å². The predicted octanol–water partition coefficient (Wildman–Crippen LogP) is 6.23. The average Bonchev–Trinajstić information content (AvgIpc) is 3.13. The van der Waals surface area contributed by atoms with Crippen LogP contribution >= 0.6 is 0 Å². The molecule has 0 aliphatic carbocycles. The maximum Gasteiger partial charge on any atom is 0.151 e. The molecule has 0 radical (unpaired) electrons. The highest BCUT2D eigenvalue weighted by atomic mass is 15.0. The van der Waals surface area contributed by atoms with Crippen LogP contribution in [0.1, 0.15) is 11.1 Å². The highest BCUT2D eigenvalue weighted by Crippen LogP contribution is 2.31. The lowest BCUT2D eigenvalue weighted by atomic mass is 10.2. The summed E-state index contributed by atoms with van der Waals surface area (Å²) in [5.74, 6) is 0.257. The summed E-state index contributed by atoms with van der Waals surface area (Å²) in [6.07, 6.45) is 1.76. The lowest BCUT2D eigenvalue weighted by Gasteiger charge is -2.08. The molecule has 0 saturated carbocycles. The van der Waals surface area contributed by atoms with Crippen LogP contribution in [0.25, 0.3) is 27.5 Å². The molecule has 5 aromatic rings. The van der Waals surface area contributed by atoms with Crippen molar-refractivity contribution >= 4 is 33.9 Å². The minimum atomic E-state index is 0.257. The SMILES string of the molecule is N=C(N=Cc1cccc(-n2c3ccccc3c3ccccc32)c1)c1ccccc1. The van der Waals surface area contributed by atoms with Gasteiger partial charge in [0.1, 0.15) is 0 Å². The van der Waals surface area contributed by atoms with Gasteiger partial charge in [-0.2, -0.15) is 0 Å². The van der Waals surface area contributed by atoms with Crippen LogP contribution in [-0.4, -0.2) is 16.6 Å². The molecule has 3 heteroatoms. The quantitative estimate of drug-likeness (QED) is 0.288. The van der Waals surface area contributed by atoms with E-state index >= 15 is 0 Å². The Morgan fingerprint density at radius 2 is 1.31 bits per heavy atom. The molecule has 0 atom stereocenters. The Balaban J connectivity index is 1.58. The Morgan fingerprint density at radius 1 is 0.690 bits per heavy atom. The summed E-state index contributed by atoms with van der Waals surface area (Å²) >= 11 is 0. The van der Waals surface area contributed by atoms with E-state index in [-0.39, 0.29) is 5.84 Å². The van der Waals surface area contributed by atoms with E-state index in [1.165, 1.54) is 21.8 Å². The third-order valence-corrected chi connectivity index (χ3v) is 5.10. The number of aromatic nitrogens is 1. The molecule has 0 fully saturated rings. The van der Waals surface area contributed by atoms with Gasteiger partial charge in [-0.3, -0.25) is 5.41 Å². The molecular formula is C26H19N3. The molecule has 5 rings (SSSR count). The van der Waals surface area contributed by atoms with Gasteiger partial charge in [0, 0.05) is 28.2 Å². The van der Waals surface area contributed by atoms with Crippen molar-refractivity contribution in [3.05, 3.63) is 114 Å². The van der Waals surface area contributed by atoms with E-state index in [0.29, 0.717) is 0 Å². The molecule has 0 bridgehead atoms. The minimum absolute atomic E-state index is 0.257. The number of amidine groups is 1. The zero-order chi connectivity index (χ0) is 19.6. The summed E-state index contributed by atoms with van der Waals surface area (Å²) < 4.78 is 2.28. The van der Waals surface area contributed by atoms with Gasteiger partial charge in [-0.05, 0) is 29.8 Å². The van der Waals surface area contributed by atoms with Crippen molar-refractivity contribution in [2.75, 3.05) is 0 Å². The van der Waals surface area contributed by atoms with Crippen LogP contribution < -0.4 is 0 Å². The molecule has 0 amide bonds. The van der Waals surface area contributed by atoms with Crippen molar-refractivity contribution < 1.29 is 0 Å². The van der Waals surface area contributed by atoms with Gasteiger partial charge >= 0.3 is 0 Å². The predicted molar refractivity (Wildman–Crippen MR) is 122 cm³/mol. The van der Waals surface area contributed by atoms with Crippen LogP contribution in [0.5, 0.6) is 0 Å². The number of para-hydroxylation sites is 2. The molecule has 1 aromatic heterocycles. The van der Waals surface area contributed by atoms with Gasteiger partial charge in [0.15, 0.2) is 5.84 Å². The normalized spacial score (nSPS) is 11.4. The third-order valence-electron chi connectivity index (χ3n) is 5.10. The molecule has 0 aliphatic heterocycles. The molecule has 138 valence electrons. The fourth-order valence-corrected chi connectivity index (χ4v) is 3.75. The summed E-state index contributed by atoms with van der Waals surface area (Å²) in [6.45, 7) is 0. The first-order chi connectivity index (χ1) is 14.3. The zero-order valence-electron chi connectivity index (χ0n) is 15.8. The number of rotatable bonds is 3. The maximum atomic E-state index is 8.18. The number of aliphatic imine (C=N–C) groups is 1. The Hall–Kier alpha value is -3.98. The summed E-state index contributed by atoms with van der Waals surface area (Å²) in [6, 6.07) is 34.8. The Morgan fingerprint density at radius 3 is 2.00 bits per heavy atom. The van der Waals surface area contributed by atoms with Crippen LogP contribution in [-0.2, 0) is 0 Å². The third kappa shape index (κ3) is 3.13. The molecular weight excluding hydrogens is 354 g/mol. The molecule has 1 heterocycles. The summed E-state index contributed by atoms with van der Waals surface area (Å²) in [5.41, 5.74) is 5.21. The van der Waals surface area contributed by atoms with E-state index in [9.17, 15) is 0 Å². The second-order valence-corrected chi connectivity index (χ2v) is 6.94. The van der Waals surface area contributed by atoms with E-state index in [2.05, 4.69) is 70.2 Å². The molecule has 29 heavy (non-hydrogen) atoms. The summed E-state index contributed by atoms with van der Waals surface area (Å²) in [4.78, 5) is 4.36. The van der Waals surface area contributed by atoms with Crippen molar-refractivity contribution in [1.82, 2.24) is 4.57 Å². The fraction of sp³-hybridized carbons (Fsp3) is 0. The number of nitrogens with zero attached hydrogens (tertiary/aromatic N) is 2. The Kier molecular flexibility index (Phi) is 4.26. The van der Waals surface area contributed by atoms with Crippen molar-refractivity contribution in [3.8, 4) is 5.69 Å². The molecule has 0 saturated heterocycles. The van der Waals surface area contributed by atoms with E-state index < -0.39 is 0 Å². The lowest BCUT2D eigenvalue weighted by Crippen LogP contribution is -1.97. The van der Waals surface area contributed by atoms with Crippen molar-refractivity contribution in [2.45, 2.75) is 0 Å². The monoisotopic (exact) mass is 373 g/mol. The number of hydrogen-bond acceptors (Lipinski definition) is 1. The smallest absolute Gasteiger partial charge is 0.151 e. The molecule has 3 nitrogen and oxygen atoms in total. The van der Waals surface area contributed by atoms with Crippen LogP contribution in [0.4, 0.5) is 0 Å². The second-order valence-electron chi connectivity index (χ2n) is 6.94. The van der Waals surface area contributed by atoms with Gasteiger partial charge < -0.3 is 4.57 Å². The molecule has 1 N–H and O–H groups in total. The van der Waals surface area contributed by atoms with Crippen LogP contribution in [0, 0.1) is 5.41 Å². The van der Waals surface area contributed by atoms with E-state index in [1.807, 2.05) is 42.5 Å². The van der Waals surface area contributed by atoms with Crippen LogP contribution in [0.15, 0.2) is 108 Å². The van der Waals surface area contributed by atoms with E-state index in [0.717, 1.165) is 16.8 Å². The first-order valence-corrected chi connectivity index (χ1v) is 9.58. The van der Waals surface area contributed by atoms with Crippen molar-refractivity contribution in [3.63, 3.8) is 0 Å². The highest BCUT2D eigenvalue weighted by Gasteiger charge is 2.11. The van der Waals surface area contributed by atoms with E-state index in [4.69, 9.17) is 5.41 Å². The first-order valence-electron chi connectivity index (χ1n) is 9.58. The molecule has 4 aromatic carbocycles. The average molecular weight is 373 g/mol. The summed E-state index contributed by atoms with van der Waals surface area (Å²) in [5, 5.41) is 10.7. The molecule has 0 unspecified atom stereocenters. The lowest BCUT2D eigenvalue weighted by molar-refractivity contribution is 1.18. The Bertz CT molecular complexity index is 1310. The van der Waals surface area contributed by atoms with Gasteiger partial charge in [-0.1, -0.05) is 78.9 Å². The first kappa shape index (κ1) is 17.1.